The van der Waals surface area contributed by atoms with Gasteiger partial charge in [0.2, 0.25) is 11.6 Å². The highest BCUT2D eigenvalue weighted by atomic mass is 35.5. The molecule has 0 aliphatic heterocycles. The van der Waals surface area contributed by atoms with Crippen LogP contribution in [0.3, 0.4) is 0 Å². The number of thiazole rings is 1. The number of para-hydroxylation sites is 1. The number of alkyl halides is 1. The molecule has 0 saturated heterocycles. The number of hydrogen-bond donors (Lipinski definition) is 0. The lowest BCUT2D eigenvalue weighted by molar-refractivity contribution is -0.386. The van der Waals surface area contributed by atoms with Crippen molar-refractivity contribution in [3.8, 4) is 11.6 Å². The van der Waals surface area contributed by atoms with Crippen LogP contribution >= 0.6 is 22.9 Å². The molecule has 0 aliphatic rings. The number of rotatable bonds is 4. The number of hydrogen-bond acceptors (Lipinski definition) is 5. The van der Waals surface area contributed by atoms with Crippen LogP contribution in [-0.2, 0) is 5.88 Å². The second-order valence-corrected chi connectivity index (χ2v) is 5.47. The van der Waals surface area contributed by atoms with Crippen LogP contribution in [0.4, 0.5) is 5.69 Å². The number of fused-ring (bicyclic) bond motifs is 1. The van der Waals surface area contributed by atoms with Crippen molar-refractivity contribution in [1.82, 2.24) is 9.38 Å². The van der Waals surface area contributed by atoms with E-state index in [-0.39, 0.29) is 17.3 Å². The lowest BCUT2D eigenvalue weighted by Crippen LogP contribution is -1.97. The first-order chi connectivity index (χ1) is 10.1. The quantitative estimate of drug-likeness (QED) is 0.411. The topological polar surface area (TPSA) is 69.7 Å². The molecule has 2 heterocycles. The predicted octanol–water partition coefficient (Wildman–Crippen LogP) is 4.14. The zero-order valence-electron chi connectivity index (χ0n) is 10.9. The Morgan fingerprint density at radius 3 is 3.05 bits per heavy atom. The predicted molar refractivity (Wildman–Crippen MR) is 80.5 cm³/mol. The van der Waals surface area contributed by atoms with Gasteiger partial charge in [-0.1, -0.05) is 12.1 Å². The van der Waals surface area contributed by atoms with Gasteiger partial charge in [0.15, 0.2) is 4.96 Å². The highest BCUT2D eigenvalue weighted by Crippen LogP contribution is 2.36. The molecule has 2 aromatic heterocycles. The minimum Gasteiger partial charge on any atom is -0.430 e. The summed E-state index contributed by atoms with van der Waals surface area (Å²) in [5.41, 5.74) is 1.14. The molecule has 108 valence electrons. The molecule has 1 aromatic carbocycles. The van der Waals surface area contributed by atoms with Crippen molar-refractivity contribution in [3.05, 3.63) is 51.1 Å². The first kappa shape index (κ1) is 13.8. The molecule has 0 amide bonds. The fourth-order valence-corrected chi connectivity index (χ4v) is 3.04. The average molecular weight is 324 g/mol. The third-order valence-corrected chi connectivity index (χ3v) is 4.05. The Hall–Kier alpha value is -2.12. The Labute approximate surface area is 128 Å². The molecule has 0 saturated carbocycles. The van der Waals surface area contributed by atoms with Gasteiger partial charge in [0, 0.05) is 17.1 Å². The SMILES string of the molecule is Cc1cccc(Oc2nc3sccn3c2CCl)c1[N+](=O)[O-]. The van der Waals surface area contributed by atoms with Crippen LogP contribution in [0.1, 0.15) is 11.3 Å². The monoisotopic (exact) mass is 323 g/mol. The van der Waals surface area contributed by atoms with Crippen LogP contribution in [-0.4, -0.2) is 14.3 Å². The maximum Gasteiger partial charge on any atom is 0.314 e. The lowest BCUT2D eigenvalue weighted by Gasteiger charge is -2.06. The van der Waals surface area contributed by atoms with Gasteiger partial charge < -0.3 is 4.74 Å². The van der Waals surface area contributed by atoms with Crippen molar-refractivity contribution < 1.29 is 9.66 Å². The van der Waals surface area contributed by atoms with E-state index in [2.05, 4.69) is 4.98 Å². The Kier molecular flexibility index (Phi) is 3.52. The molecule has 21 heavy (non-hydrogen) atoms. The molecule has 0 spiro atoms. The summed E-state index contributed by atoms with van der Waals surface area (Å²) < 4.78 is 7.48. The van der Waals surface area contributed by atoms with E-state index in [1.807, 2.05) is 16.0 Å². The number of benzene rings is 1. The van der Waals surface area contributed by atoms with Crippen LogP contribution in [0.15, 0.2) is 29.8 Å². The summed E-state index contributed by atoms with van der Waals surface area (Å²) >= 11 is 7.38. The molecule has 0 unspecified atom stereocenters. The summed E-state index contributed by atoms with van der Waals surface area (Å²) in [5, 5.41) is 13.1. The third-order valence-electron chi connectivity index (χ3n) is 3.04. The molecule has 0 aliphatic carbocycles. The fraction of sp³-hybridized carbons (Fsp3) is 0.154. The van der Waals surface area contributed by atoms with Crippen molar-refractivity contribution in [1.29, 1.82) is 0 Å². The van der Waals surface area contributed by atoms with Crippen LogP contribution in [0.2, 0.25) is 0 Å². The maximum absolute atomic E-state index is 11.2. The minimum absolute atomic E-state index is 0.0608. The number of imidazole rings is 1. The molecule has 0 radical (unpaired) electrons. The van der Waals surface area contributed by atoms with Gasteiger partial charge in [0.05, 0.1) is 10.8 Å². The molecular weight excluding hydrogens is 314 g/mol. The van der Waals surface area contributed by atoms with Crippen LogP contribution in [0.25, 0.3) is 4.96 Å². The van der Waals surface area contributed by atoms with Crippen LogP contribution in [0, 0.1) is 17.0 Å². The average Bonchev–Trinajstić information content (AvgIpc) is 2.98. The lowest BCUT2D eigenvalue weighted by atomic mass is 10.2. The smallest absolute Gasteiger partial charge is 0.314 e. The van der Waals surface area contributed by atoms with Gasteiger partial charge in [0.25, 0.3) is 0 Å². The molecule has 3 aromatic rings. The molecule has 0 N–H and O–H groups in total. The number of nitro benzene ring substituents is 1. The van der Waals surface area contributed by atoms with Gasteiger partial charge in [-0.25, -0.2) is 0 Å². The van der Waals surface area contributed by atoms with Gasteiger partial charge >= 0.3 is 5.69 Å². The summed E-state index contributed by atoms with van der Waals surface area (Å²) in [5.74, 6) is 0.662. The molecule has 6 nitrogen and oxygen atoms in total. The van der Waals surface area contributed by atoms with Crippen molar-refractivity contribution >= 4 is 33.6 Å². The molecule has 3 rings (SSSR count). The summed E-state index contributed by atoms with van der Waals surface area (Å²) in [7, 11) is 0. The van der Waals surface area contributed by atoms with E-state index in [0.29, 0.717) is 17.1 Å². The highest BCUT2D eigenvalue weighted by Gasteiger charge is 2.22. The Morgan fingerprint density at radius 1 is 1.52 bits per heavy atom. The normalized spacial score (nSPS) is 11.0. The van der Waals surface area contributed by atoms with E-state index >= 15 is 0 Å². The van der Waals surface area contributed by atoms with Gasteiger partial charge in [-0.05, 0) is 13.0 Å². The summed E-state index contributed by atoms with van der Waals surface area (Å²) in [6.07, 6.45) is 1.84. The Balaban J connectivity index is 2.08. The first-order valence-corrected chi connectivity index (χ1v) is 7.45. The van der Waals surface area contributed by atoms with E-state index in [4.69, 9.17) is 16.3 Å². The molecule has 0 fully saturated rings. The van der Waals surface area contributed by atoms with E-state index in [0.717, 1.165) is 4.96 Å². The van der Waals surface area contributed by atoms with Crippen LogP contribution < -0.4 is 4.74 Å². The third kappa shape index (κ3) is 2.34. The van der Waals surface area contributed by atoms with Crippen molar-refractivity contribution in [2.24, 2.45) is 0 Å². The fourth-order valence-electron chi connectivity index (χ4n) is 2.07. The molecule has 0 bridgehead atoms. The minimum atomic E-state index is -0.455. The zero-order chi connectivity index (χ0) is 15.0. The number of ether oxygens (including phenoxy) is 1. The molecule has 8 heteroatoms. The zero-order valence-corrected chi connectivity index (χ0v) is 12.5. The van der Waals surface area contributed by atoms with E-state index < -0.39 is 4.92 Å². The summed E-state index contributed by atoms with van der Waals surface area (Å²) in [6.45, 7) is 1.67. The van der Waals surface area contributed by atoms with Crippen molar-refractivity contribution in [2.45, 2.75) is 12.8 Å². The van der Waals surface area contributed by atoms with Crippen molar-refractivity contribution in [2.75, 3.05) is 0 Å². The maximum atomic E-state index is 11.2. The number of aryl methyl sites for hydroxylation is 1. The summed E-state index contributed by atoms with van der Waals surface area (Å²) in [6, 6.07) is 4.92. The second-order valence-electron chi connectivity index (χ2n) is 4.33. The summed E-state index contributed by atoms with van der Waals surface area (Å²) in [4.78, 5) is 15.8. The Morgan fingerprint density at radius 2 is 2.33 bits per heavy atom. The van der Waals surface area contributed by atoms with Crippen molar-refractivity contribution in [3.63, 3.8) is 0 Å². The number of halogens is 1. The Bertz CT molecular complexity index is 827. The molecule has 0 atom stereocenters. The van der Waals surface area contributed by atoms with E-state index in [9.17, 15) is 10.1 Å². The van der Waals surface area contributed by atoms with Gasteiger partial charge in [0.1, 0.15) is 5.69 Å². The number of nitrogens with zero attached hydrogens (tertiary/aromatic N) is 3. The second kappa shape index (κ2) is 5.34. The first-order valence-electron chi connectivity index (χ1n) is 6.04. The molecular formula is C13H10ClN3O3S. The largest absolute Gasteiger partial charge is 0.430 e. The number of nitro groups is 1. The van der Waals surface area contributed by atoms with E-state index in [1.54, 1.807) is 25.1 Å². The van der Waals surface area contributed by atoms with Crippen LogP contribution in [0.5, 0.6) is 11.6 Å². The van der Waals surface area contributed by atoms with E-state index in [1.165, 1.54) is 11.3 Å². The number of aromatic nitrogens is 2. The van der Waals surface area contributed by atoms with Gasteiger partial charge in [-0.15, -0.1) is 22.9 Å². The van der Waals surface area contributed by atoms with Gasteiger partial charge in [-0.2, -0.15) is 4.98 Å². The standard InChI is InChI=1S/C13H10ClN3O3S/c1-8-3-2-4-10(11(8)17(18)19)20-12-9(7-14)16-5-6-21-13(16)15-12/h2-6H,7H2,1H3. The highest BCUT2D eigenvalue weighted by molar-refractivity contribution is 7.15. The van der Waals surface area contributed by atoms with Gasteiger partial charge in [-0.3, -0.25) is 14.5 Å².